The predicted molar refractivity (Wildman–Crippen MR) is 51.4 cm³/mol. The molecule has 0 saturated heterocycles. The zero-order valence-electron chi connectivity index (χ0n) is 8.67. The van der Waals surface area contributed by atoms with Crippen molar-refractivity contribution in [1.29, 1.82) is 0 Å². The Bertz CT molecular complexity index is 317. The molecule has 0 rings (SSSR count). The highest BCUT2D eigenvalue weighted by Gasteiger charge is 2.36. The topological polar surface area (TPSA) is 78.9 Å². The van der Waals surface area contributed by atoms with Crippen molar-refractivity contribution >= 4 is 17.9 Å². The Labute approximate surface area is 88.5 Å². The van der Waals surface area contributed by atoms with Gasteiger partial charge in [-0.05, 0) is 20.8 Å². The molecule has 0 radical (unpaired) electrons. The van der Waals surface area contributed by atoms with Crippen molar-refractivity contribution in [3.05, 3.63) is 0 Å². The maximum absolute atomic E-state index is 12.5. The summed E-state index contributed by atoms with van der Waals surface area (Å²) < 4.78 is 59.1. The fourth-order valence-corrected chi connectivity index (χ4v) is 3.13. The minimum Gasteiger partial charge on any atom is -0.286 e. The van der Waals surface area contributed by atoms with Gasteiger partial charge in [0.2, 0.25) is 5.50 Å². The van der Waals surface area contributed by atoms with E-state index in [0.29, 0.717) is 0 Å². The zero-order chi connectivity index (χ0) is 12.1. The third kappa shape index (κ3) is 5.03. The summed E-state index contributed by atoms with van der Waals surface area (Å²) in [5, 5.41) is 0. The lowest BCUT2D eigenvalue weighted by Crippen LogP contribution is -2.16. The quantitative estimate of drug-likeness (QED) is 0.653. The molecule has 0 N–H and O–H groups in total. The molecule has 0 aliphatic heterocycles. The molecule has 0 heterocycles. The van der Waals surface area contributed by atoms with Crippen LogP contribution in [0.1, 0.15) is 20.8 Å². The van der Waals surface area contributed by atoms with Gasteiger partial charge in [0, 0.05) is 0 Å². The molecule has 0 saturated carbocycles. The molecule has 9 heteroatoms. The van der Waals surface area contributed by atoms with Gasteiger partial charge in [-0.2, -0.15) is 12.4 Å². The van der Waals surface area contributed by atoms with Crippen molar-refractivity contribution in [2.75, 3.05) is 13.2 Å². The fraction of sp³-hybridized carbons (Fsp3) is 1.00. The molecule has 0 aromatic rings. The second-order valence-electron chi connectivity index (χ2n) is 2.39. The van der Waals surface area contributed by atoms with Gasteiger partial charge in [-0.1, -0.05) is 0 Å². The second-order valence-corrected chi connectivity index (χ2v) is 6.04. The lowest BCUT2D eigenvalue weighted by molar-refractivity contribution is 0.167. The number of phosphoric ester groups is 1. The van der Waals surface area contributed by atoms with Crippen molar-refractivity contribution in [3.63, 3.8) is 0 Å². The van der Waals surface area contributed by atoms with Crippen molar-refractivity contribution in [2.24, 2.45) is 0 Å². The van der Waals surface area contributed by atoms with Gasteiger partial charge in [0.15, 0.2) is 0 Å². The number of hydrogen-bond donors (Lipinski definition) is 0. The van der Waals surface area contributed by atoms with Gasteiger partial charge >= 0.3 is 17.9 Å². The van der Waals surface area contributed by atoms with Crippen LogP contribution >= 0.6 is 7.82 Å². The average Bonchev–Trinajstić information content (AvgIpc) is 2.02. The Hall–Kier alpha value is -0.0100. The first-order valence-corrected chi connectivity index (χ1v) is 7.19. The molecule has 0 aromatic carbocycles. The first-order chi connectivity index (χ1) is 6.77. The smallest absolute Gasteiger partial charge is 0.286 e. The van der Waals surface area contributed by atoms with E-state index in [-0.39, 0.29) is 13.2 Å². The molecular weight excluding hydrogens is 250 g/mol. The maximum atomic E-state index is 12.5. The Balaban J connectivity index is 4.77. The van der Waals surface area contributed by atoms with Gasteiger partial charge in [0.25, 0.3) is 0 Å². The van der Waals surface area contributed by atoms with Crippen LogP contribution in [-0.2, 0) is 27.7 Å². The van der Waals surface area contributed by atoms with Gasteiger partial charge in [0.1, 0.15) is 0 Å². The Morgan fingerprint density at radius 1 is 1.27 bits per heavy atom. The van der Waals surface area contributed by atoms with Gasteiger partial charge in [-0.25, -0.2) is 8.96 Å². The highest BCUT2D eigenvalue weighted by atomic mass is 32.2. The summed E-state index contributed by atoms with van der Waals surface area (Å²) in [5.41, 5.74) is -2.30. The summed E-state index contributed by atoms with van der Waals surface area (Å²) in [4.78, 5) is 0. The van der Waals surface area contributed by atoms with Gasteiger partial charge in [-0.3, -0.25) is 9.05 Å². The van der Waals surface area contributed by atoms with Crippen LogP contribution in [-0.4, -0.2) is 27.1 Å². The van der Waals surface area contributed by atoms with E-state index in [1.807, 2.05) is 0 Å². The summed E-state index contributed by atoms with van der Waals surface area (Å²) >= 11 is 0. The molecule has 1 unspecified atom stereocenters. The molecular formula is C6H14FO6PS. The molecule has 0 spiro atoms. The van der Waals surface area contributed by atoms with Crippen molar-refractivity contribution in [3.8, 4) is 0 Å². The molecule has 0 amide bonds. The minimum absolute atomic E-state index is 0.0759. The third-order valence-corrected chi connectivity index (χ3v) is 4.67. The molecule has 0 aliphatic rings. The van der Waals surface area contributed by atoms with E-state index in [2.05, 4.69) is 13.0 Å². The minimum atomic E-state index is -4.58. The van der Waals surface area contributed by atoms with Crippen LogP contribution in [0.4, 0.5) is 4.39 Å². The van der Waals surface area contributed by atoms with Crippen molar-refractivity contribution < 1.29 is 30.4 Å². The molecule has 0 aliphatic carbocycles. The van der Waals surface area contributed by atoms with Crippen LogP contribution in [0.5, 0.6) is 0 Å². The van der Waals surface area contributed by atoms with E-state index in [1.165, 1.54) is 13.8 Å². The molecule has 6 nitrogen and oxygen atoms in total. The lowest BCUT2D eigenvalue weighted by Gasteiger charge is -2.16. The van der Waals surface area contributed by atoms with Crippen LogP contribution in [0.15, 0.2) is 0 Å². The van der Waals surface area contributed by atoms with E-state index < -0.39 is 23.4 Å². The lowest BCUT2D eigenvalue weighted by atomic mass is 10.9. The van der Waals surface area contributed by atoms with Gasteiger partial charge in [0.05, 0.1) is 13.2 Å². The zero-order valence-corrected chi connectivity index (χ0v) is 10.4. The first kappa shape index (κ1) is 15.0. The van der Waals surface area contributed by atoms with Crippen LogP contribution in [0.2, 0.25) is 0 Å². The highest BCUT2D eigenvalue weighted by Crippen LogP contribution is 2.51. The average molecular weight is 264 g/mol. The number of phosphoric acid groups is 1. The van der Waals surface area contributed by atoms with E-state index in [4.69, 9.17) is 0 Å². The predicted octanol–water partition coefficient (Wildman–Crippen LogP) is 1.83. The molecule has 0 fully saturated rings. The second kappa shape index (κ2) is 5.91. The van der Waals surface area contributed by atoms with E-state index in [0.717, 1.165) is 6.92 Å². The summed E-state index contributed by atoms with van der Waals surface area (Å²) in [6.45, 7) is 3.54. The van der Waals surface area contributed by atoms with Crippen LogP contribution in [0.3, 0.4) is 0 Å². The summed E-state index contributed by atoms with van der Waals surface area (Å²) in [7, 11) is -8.80. The Kier molecular flexibility index (Phi) is 5.90. The maximum Gasteiger partial charge on any atom is 0.489 e. The number of hydrogen-bond acceptors (Lipinski definition) is 6. The SMILES string of the molecule is CCOP(=O)(OCC)OS(=O)(=O)C(C)F. The van der Waals surface area contributed by atoms with E-state index in [9.17, 15) is 17.4 Å². The highest BCUT2D eigenvalue weighted by molar-refractivity contribution is 7.91. The standard InChI is InChI=1S/C6H14FO6PS/c1-4-11-14(8,12-5-2)13-15(9,10)6(3)7/h6H,4-5H2,1-3H3. The third-order valence-electron chi connectivity index (χ3n) is 1.17. The molecule has 15 heavy (non-hydrogen) atoms. The van der Waals surface area contributed by atoms with E-state index in [1.54, 1.807) is 0 Å². The Morgan fingerprint density at radius 2 is 1.67 bits per heavy atom. The van der Waals surface area contributed by atoms with E-state index >= 15 is 0 Å². The number of rotatable bonds is 7. The molecule has 0 bridgehead atoms. The summed E-state index contributed by atoms with van der Waals surface area (Å²) in [5.74, 6) is 0. The summed E-state index contributed by atoms with van der Waals surface area (Å²) in [6.07, 6.45) is 0. The molecule has 0 aromatic heterocycles. The molecule has 1 atom stereocenters. The van der Waals surface area contributed by atoms with Crippen LogP contribution in [0, 0.1) is 0 Å². The first-order valence-electron chi connectivity index (χ1n) is 4.25. The van der Waals surface area contributed by atoms with Gasteiger partial charge in [-0.15, -0.1) is 0 Å². The Morgan fingerprint density at radius 3 is 1.93 bits per heavy atom. The summed E-state index contributed by atoms with van der Waals surface area (Å²) in [6, 6.07) is 0. The van der Waals surface area contributed by atoms with Crippen molar-refractivity contribution in [2.45, 2.75) is 26.3 Å². The number of alkyl halides is 1. The fourth-order valence-electron chi connectivity index (χ4n) is 0.583. The monoisotopic (exact) mass is 264 g/mol. The largest absolute Gasteiger partial charge is 0.489 e. The van der Waals surface area contributed by atoms with Crippen molar-refractivity contribution in [1.82, 2.24) is 0 Å². The van der Waals surface area contributed by atoms with Gasteiger partial charge < -0.3 is 0 Å². The number of halogens is 1. The van der Waals surface area contributed by atoms with Crippen LogP contribution in [0.25, 0.3) is 0 Å². The van der Waals surface area contributed by atoms with Crippen LogP contribution < -0.4 is 0 Å². The normalized spacial score (nSPS) is 15.2. The molecule has 92 valence electrons.